The summed E-state index contributed by atoms with van der Waals surface area (Å²) in [5.74, 6) is -4.24. The van der Waals surface area contributed by atoms with Gasteiger partial charge in [-0.1, -0.05) is 0 Å². The third kappa shape index (κ3) is 7.99. The Kier molecular flexibility index (Phi) is 10.7. The number of hydrogen-bond acceptors (Lipinski definition) is 8. The smallest absolute Gasteiger partial charge is 0.326 e. The lowest BCUT2D eigenvalue weighted by molar-refractivity contribution is -0.146. The number of aliphatic carboxylic acids is 2. The van der Waals surface area contributed by atoms with Crippen molar-refractivity contribution < 1.29 is 39.3 Å². The van der Waals surface area contributed by atoms with Crippen molar-refractivity contribution in [3.63, 3.8) is 0 Å². The van der Waals surface area contributed by atoms with E-state index in [1.807, 2.05) is 6.26 Å². The molecule has 31 heavy (non-hydrogen) atoms. The summed E-state index contributed by atoms with van der Waals surface area (Å²) >= 11 is 1.44. The minimum absolute atomic E-state index is 0.180. The first-order valence-corrected chi connectivity index (χ1v) is 11.2. The highest BCUT2D eigenvalue weighted by molar-refractivity contribution is 7.98. The lowest BCUT2D eigenvalue weighted by Gasteiger charge is -2.31. The summed E-state index contributed by atoms with van der Waals surface area (Å²) in [7, 11) is 0. The van der Waals surface area contributed by atoms with Gasteiger partial charge in [0.2, 0.25) is 17.7 Å². The van der Waals surface area contributed by atoms with Gasteiger partial charge in [-0.25, -0.2) is 4.79 Å². The zero-order chi connectivity index (χ0) is 23.7. The number of aliphatic hydroxyl groups excluding tert-OH is 1. The van der Waals surface area contributed by atoms with Gasteiger partial charge >= 0.3 is 11.9 Å². The van der Waals surface area contributed by atoms with Crippen molar-refractivity contribution in [2.75, 3.05) is 18.6 Å². The number of carbonyl (C=O) groups excluding carboxylic acids is 3. The summed E-state index contributed by atoms with van der Waals surface area (Å²) in [5.41, 5.74) is 5.50. The molecular weight excluding hydrogens is 432 g/mol. The molecule has 1 aliphatic rings. The average molecular weight is 463 g/mol. The fraction of sp³-hybridized carbons (Fsp3) is 0.722. The predicted octanol–water partition coefficient (Wildman–Crippen LogP) is -2.03. The van der Waals surface area contributed by atoms with Crippen molar-refractivity contribution in [2.24, 2.45) is 5.73 Å². The number of nitrogens with two attached hydrogens (primary N) is 1. The molecule has 1 rings (SSSR count). The molecule has 0 aromatic heterocycles. The molecule has 13 heteroatoms. The SMILES string of the molecule is CSCCC(NC(=O)C1CCCN1C(=O)C(NC(=O)C(N)CC(=O)O)C(C)O)C(=O)O. The highest BCUT2D eigenvalue weighted by Gasteiger charge is 2.40. The van der Waals surface area contributed by atoms with E-state index in [0.717, 1.165) is 0 Å². The molecule has 0 spiro atoms. The van der Waals surface area contributed by atoms with E-state index in [0.29, 0.717) is 18.6 Å². The molecule has 0 bridgehead atoms. The Bertz CT molecular complexity index is 689. The molecule has 1 saturated heterocycles. The van der Waals surface area contributed by atoms with E-state index in [2.05, 4.69) is 10.6 Å². The number of carboxylic acids is 2. The van der Waals surface area contributed by atoms with Gasteiger partial charge in [0, 0.05) is 6.54 Å². The fourth-order valence-electron chi connectivity index (χ4n) is 3.17. The van der Waals surface area contributed by atoms with E-state index >= 15 is 0 Å². The van der Waals surface area contributed by atoms with Gasteiger partial charge in [-0.15, -0.1) is 0 Å². The second kappa shape index (κ2) is 12.5. The van der Waals surface area contributed by atoms with Crippen LogP contribution in [0.3, 0.4) is 0 Å². The molecule has 7 N–H and O–H groups in total. The topological polar surface area (TPSA) is 199 Å². The minimum atomic E-state index is -1.44. The third-order valence-electron chi connectivity index (χ3n) is 4.84. The molecule has 12 nitrogen and oxygen atoms in total. The molecule has 3 amide bonds. The fourth-order valence-corrected chi connectivity index (χ4v) is 3.64. The molecule has 1 fully saturated rings. The van der Waals surface area contributed by atoms with Crippen LogP contribution < -0.4 is 16.4 Å². The summed E-state index contributed by atoms with van der Waals surface area (Å²) in [4.78, 5) is 61.1. The number of carbonyl (C=O) groups is 5. The highest BCUT2D eigenvalue weighted by Crippen LogP contribution is 2.20. The summed E-state index contributed by atoms with van der Waals surface area (Å²) in [5, 5.41) is 32.7. The summed E-state index contributed by atoms with van der Waals surface area (Å²) in [6.07, 6.45) is 0.804. The van der Waals surface area contributed by atoms with Crippen LogP contribution in [-0.4, -0.2) is 98.7 Å². The van der Waals surface area contributed by atoms with Crippen molar-refractivity contribution >= 4 is 41.4 Å². The Morgan fingerprint density at radius 3 is 2.35 bits per heavy atom. The summed E-state index contributed by atoms with van der Waals surface area (Å²) < 4.78 is 0. The molecule has 1 aliphatic heterocycles. The largest absolute Gasteiger partial charge is 0.481 e. The molecule has 176 valence electrons. The third-order valence-corrected chi connectivity index (χ3v) is 5.49. The van der Waals surface area contributed by atoms with Gasteiger partial charge in [-0.3, -0.25) is 19.2 Å². The van der Waals surface area contributed by atoms with E-state index in [1.54, 1.807) is 0 Å². The average Bonchev–Trinajstić information content (AvgIpc) is 3.17. The maximum absolute atomic E-state index is 13.0. The minimum Gasteiger partial charge on any atom is -0.481 e. The quantitative estimate of drug-likeness (QED) is 0.188. The normalized spacial score (nSPS) is 19.7. The van der Waals surface area contributed by atoms with E-state index in [4.69, 9.17) is 10.8 Å². The molecule has 1 heterocycles. The van der Waals surface area contributed by atoms with Crippen LogP contribution in [0.25, 0.3) is 0 Å². The van der Waals surface area contributed by atoms with Crippen LogP contribution in [0.5, 0.6) is 0 Å². The number of carboxylic acid groups (broad SMARTS) is 2. The van der Waals surface area contributed by atoms with Crippen LogP contribution in [-0.2, 0) is 24.0 Å². The second-order valence-electron chi connectivity index (χ2n) is 7.30. The number of amides is 3. The van der Waals surface area contributed by atoms with Gasteiger partial charge in [0.05, 0.1) is 18.6 Å². The van der Waals surface area contributed by atoms with Crippen molar-refractivity contribution in [3.05, 3.63) is 0 Å². The van der Waals surface area contributed by atoms with Gasteiger partial charge in [0.15, 0.2) is 0 Å². The van der Waals surface area contributed by atoms with E-state index < -0.39 is 66.4 Å². The molecule has 0 aromatic rings. The van der Waals surface area contributed by atoms with Gasteiger partial charge in [-0.05, 0) is 38.2 Å². The van der Waals surface area contributed by atoms with Gasteiger partial charge in [0.25, 0.3) is 0 Å². The lowest BCUT2D eigenvalue weighted by atomic mass is 10.1. The summed E-state index contributed by atoms with van der Waals surface area (Å²) in [6.45, 7) is 1.44. The van der Waals surface area contributed by atoms with Crippen LogP contribution >= 0.6 is 11.8 Å². The Hall–Kier alpha value is -2.38. The Morgan fingerprint density at radius 2 is 1.84 bits per heavy atom. The number of rotatable bonds is 12. The first-order chi connectivity index (χ1) is 14.5. The van der Waals surface area contributed by atoms with E-state index in [-0.39, 0.29) is 13.0 Å². The maximum Gasteiger partial charge on any atom is 0.326 e. The Balaban J connectivity index is 2.89. The van der Waals surface area contributed by atoms with Crippen molar-refractivity contribution in [1.82, 2.24) is 15.5 Å². The van der Waals surface area contributed by atoms with Crippen LogP contribution in [0.15, 0.2) is 0 Å². The Morgan fingerprint density at radius 1 is 1.19 bits per heavy atom. The molecule has 5 unspecified atom stereocenters. The van der Waals surface area contributed by atoms with Crippen LogP contribution in [0.1, 0.15) is 32.6 Å². The van der Waals surface area contributed by atoms with Crippen molar-refractivity contribution in [3.8, 4) is 0 Å². The van der Waals surface area contributed by atoms with Gasteiger partial charge in [0.1, 0.15) is 18.1 Å². The number of hydrogen-bond donors (Lipinski definition) is 6. The zero-order valence-electron chi connectivity index (χ0n) is 17.4. The van der Waals surface area contributed by atoms with Crippen LogP contribution in [0, 0.1) is 0 Å². The Labute approximate surface area is 183 Å². The lowest BCUT2D eigenvalue weighted by Crippen LogP contribution is -2.59. The zero-order valence-corrected chi connectivity index (χ0v) is 18.3. The molecular formula is C18H30N4O8S. The number of likely N-dealkylation sites (tertiary alicyclic amines) is 1. The maximum atomic E-state index is 13.0. The van der Waals surface area contributed by atoms with Gasteiger partial charge < -0.3 is 36.6 Å². The highest BCUT2D eigenvalue weighted by atomic mass is 32.2. The van der Waals surface area contributed by atoms with Crippen molar-refractivity contribution in [2.45, 2.75) is 62.9 Å². The number of thioether (sulfide) groups is 1. The standard InChI is InChI=1S/C18H30N4O8S/c1-9(23)14(21-15(26)10(19)8-13(24)25)17(28)22-6-3-4-12(22)16(27)20-11(18(29)30)5-7-31-2/h9-12,14,23H,3-8,19H2,1-2H3,(H,20,27)(H,21,26)(H,24,25)(H,29,30). The first-order valence-electron chi connectivity index (χ1n) is 9.78. The van der Waals surface area contributed by atoms with E-state index in [1.165, 1.54) is 23.6 Å². The van der Waals surface area contributed by atoms with Crippen LogP contribution in [0.2, 0.25) is 0 Å². The van der Waals surface area contributed by atoms with Gasteiger partial charge in [-0.2, -0.15) is 11.8 Å². The number of nitrogens with zero attached hydrogens (tertiary/aromatic N) is 1. The number of aliphatic hydroxyl groups is 1. The molecule has 0 saturated carbocycles. The first kappa shape index (κ1) is 26.7. The molecule has 0 radical (unpaired) electrons. The second-order valence-corrected chi connectivity index (χ2v) is 8.29. The predicted molar refractivity (Wildman–Crippen MR) is 111 cm³/mol. The number of nitrogens with one attached hydrogen (secondary N) is 2. The molecule has 5 atom stereocenters. The molecule has 0 aliphatic carbocycles. The van der Waals surface area contributed by atoms with Crippen molar-refractivity contribution in [1.29, 1.82) is 0 Å². The summed E-state index contributed by atoms with van der Waals surface area (Å²) in [6, 6.07) is -4.90. The molecule has 0 aromatic carbocycles. The van der Waals surface area contributed by atoms with E-state index in [9.17, 15) is 34.2 Å². The van der Waals surface area contributed by atoms with Crippen LogP contribution in [0.4, 0.5) is 0 Å². The monoisotopic (exact) mass is 462 g/mol.